The molecule has 0 aromatic carbocycles. The van der Waals surface area contributed by atoms with Gasteiger partial charge in [-0.3, -0.25) is 14.4 Å². The Morgan fingerprint density at radius 3 is 1.40 bits per heavy atom. The van der Waals surface area contributed by atoms with Gasteiger partial charge in [-0.15, -0.1) is 0 Å². The van der Waals surface area contributed by atoms with Crippen molar-refractivity contribution >= 4 is 75.1 Å². The molecule has 7 nitrogen and oxygen atoms in total. The van der Waals surface area contributed by atoms with Gasteiger partial charge in [-0.2, -0.15) is 12.6 Å². The predicted octanol–water partition coefficient (Wildman–Crippen LogP) is 5.81. The van der Waals surface area contributed by atoms with E-state index in [1.54, 1.807) is 0 Å². The number of aliphatic hydroxyl groups excluding tert-OH is 1. The number of carboxylic acid groups (broad SMARTS) is 2. The third-order valence-electron chi connectivity index (χ3n) is 7.57. The molecule has 0 spiro atoms. The van der Waals surface area contributed by atoms with Crippen molar-refractivity contribution in [1.29, 1.82) is 0 Å². The fourth-order valence-corrected chi connectivity index (χ4v) is 6.10. The Bertz CT molecular complexity index is 716. The van der Waals surface area contributed by atoms with Gasteiger partial charge in [0, 0.05) is 36.6 Å². The van der Waals surface area contributed by atoms with E-state index in [0.717, 1.165) is 62.5 Å². The van der Waals surface area contributed by atoms with Gasteiger partial charge in [0.15, 0.2) is 5.12 Å². The van der Waals surface area contributed by atoms with E-state index in [1.807, 2.05) is 20.8 Å². The van der Waals surface area contributed by atoms with Crippen LogP contribution in [0.15, 0.2) is 0 Å². The van der Waals surface area contributed by atoms with Crippen molar-refractivity contribution in [2.24, 2.45) is 16.2 Å². The molecule has 0 rings (SSSR count). The van der Waals surface area contributed by atoms with Crippen LogP contribution >= 0.6 is 40.3 Å². The normalized spacial score (nSPS) is 14.2. The zero-order valence-corrected chi connectivity index (χ0v) is 35.7. The molecule has 0 bridgehead atoms. The van der Waals surface area contributed by atoms with Crippen molar-refractivity contribution in [3.05, 3.63) is 0 Å². The number of aliphatic hydroxyl groups is 1. The van der Waals surface area contributed by atoms with Gasteiger partial charge >= 0.3 is 63.3 Å². The minimum atomic E-state index is -0.771. The Balaban J connectivity index is -0.000000114. The van der Waals surface area contributed by atoms with Crippen LogP contribution in [0.2, 0.25) is 0 Å². The van der Waals surface area contributed by atoms with E-state index in [2.05, 4.69) is 62.0 Å². The molecule has 0 aromatic rings. The molecule has 43 heavy (non-hydrogen) atoms. The Kier molecular flexibility index (Phi) is 41.5. The molecule has 0 aliphatic heterocycles. The molecular weight excluding hydrogens is 700 g/mol. The Hall–Kier alpha value is 1.28. The van der Waals surface area contributed by atoms with Gasteiger partial charge in [0.25, 0.3) is 0 Å². The average molecular weight is 763 g/mol. The zero-order valence-electron chi connectivity index (χ0n) is 28.4. The van der Waals surface area contributed by atoms with Crippen LogP contribution in [0.4, 0.5) is 0 Å². The van der Waals surface area contributed by atoms with Crippen LogP contribution in [0.3, 0.4) is 0 Å². The quantitative estimate of drug-likeness (QED) is 0.0558. The van der Waals surface area contributed by atoms with Gasteiger partial charge in [-0.05, 0) is 51.2 Å². The van der Waals surface area contributed by atoms with Gasteiger partial charge in [0.05, 0.1) is 10.8 Å². The monoisotopic (exact) mass is 761 g/mol. The second-order valence-corrected chi connectivity index (χ2v) is 13.4. The topological polar surface area (TPSA) is 129 Å². The number of hydrogen-bond acceptors (Lipinski definition) is 8. The van der Waals surface area contributed by atoms with E-state index >= 15 is 0 Å². The van der Waals surface area contributed by atoms with E-state index < -0.39 is 22.8 Å². The molecule has 0 aliphatic carbocycles. The van der Waals surface area contributed by atoms with E-state index in [9.17, 15) is 24.3 Å². The Labute approximate surface area is 330 Å². The molecule has 0 amide bonds. The minimum absolute atomic E-state index is 0. The van der Waals surface area contributed by atoms with Crippen molar-refractivity contribution in [1.82, 2.24) is 0 Å². The van der Waals surface area contributed by atoms with Crippen LogP contribution in [0.5, 0.6) is 0 Å². The summed E-state index contributed by atoms with van der Waals surface area (Å²) in [4.78, 5) is 42.3. The largest absolute Gasteiger partial charge is 1.00 e. The van der Waals surface area contributed by atoms with Crippen LogP contribution in [0.25, 0.3) is 0 Å². The molecule has 0 saturated carbocycles. The summed E-state index contributed by atoms with van der Waals surface area (Å²) in [5.74, 6) is -0.240. The summed E-state index contributed by atoms with van der Waals surface area (Å²) in [5, 5.41) is 27.7. The smallest absolute Gasteiger partial charge is 0.742 e. The van der Waals surface area contributed by atoms with E-state index in [0.29, 0.717) is 30.3 Å². The summed E-state index contributed by atoms with van der Waals surface area (Å²) >= 11 is 12.7. The van der Waals surface area contributed by atoms with Gasteiger partial charge in [-0.25, -0.2) is 0 Å². The number of carbonyl (C=O) groups is 4. The molecule has 0 saturated heterocycles. The number of hydrogen-bond donors (Lipinski definition) is 4. The van der Waals surface area contributed by atoms with E-state index in [-0.39, 0.29) is 75.1 Å². The maximum atomic E-state index is 11.2. The first-order valence-electron chi connectivity index (χ1n) is 15.1. The molecule has 0 aliphatic rings. The number of unbranched alkanes of at least 4 members (excludes halogenated alkanes) is 3. The van der Waals surface area contributed by atoms with Gasteiger partial charge < -0.3 is 32.7 Å². The maximum Gasteiger partial charge on any atom is 1.00 e. The average Bonchev–Trinajstić information content (AvgIpc) is 2.95. The molecular formula is C31H62BrKO7S3. The van der Waals surface area contributed by atoms with Gasteiger partial charge in [0.2, 0.25) is 0 Å². The number of thioether (sulfide) groups is 1. The first-order valence-corrected chi connectivity index (χ1v) is 18.3. The number of carbonyl (C=O) groups excluding carboxylic acids is 2. The molecule has 0 aromatic heterocycles. The summed E-state index contributed by atoms with van der Waals surface area (Å²) in [7, 11) is 0. The van der Waals surface area contributed by atoms with Crippen molar-refractivity contribution < 1.29 is 87.3 Å². The zero-order chi connectivity index (χ0) is 33.8. The van der Waals surface area contributed by atoms with Gasteiger partial charge in [-0.1, -0.05) is 108 Å². The number of aliphatic carboxylic acids is 2. The summed E-state index contributed by atoms with van der Waals surface area (Å²) in [6.45, 7) is 15.3. The fourth-order valence-electron chi connectivity index (χ4n) is 3.75. The number of carboxylic acids is 2. The number of rotatable bonds is 19. The standard InChI is InChI=1S/C11H20O3S.C9H17BrO2.C9H20OS.C2H4OS.K.H2/c1-4-6-7-11(5-2,10(13)14)8-15-9(3)12;1-3-5-6-9(4-2,7-10)8(11)12;1-3-5-6-9(4-2,7-10)8-11;1-2(3)4;;/h4-8H2,1-3H3,(H,13,14);3-7H2,1-2H3,(H,11,12);10-11H,3-8H2,1-2H3;1H3,(H,3,4);;1H/q;;;;+1;/p-1/t11-;2*9-;;;/m110.../s1/i;;;;;1+1. The third-order valence-corrected chi connectivity index (χ3v) is 10.4. The Morgan fingerprint density at radius 2 is 1.16 bits per heavy atom. The van der Waals surface area contributed by atoms with Crippen LogP contribution in [0.1, 0.15) is 134 Å². The summed E-state index contributed by atoms with van der Waals surface area (Å²) < 4.78 is 0. The second kappa shape index (κ2) is 33.2. The van der Waals surface area contributed by atoms with Crippen molar-refractivity contribution in [2.75, 3.05) is 23.4 Å². The number of halogens is 1. The summed E-state index contributed by atoms with van der Waals surface area (Å²) in [6.07, 6.45) is 11.2. The molecule has 3 atom stereocenters. The molecule has 0 heterocycles. The minimum Gasteiger partial charge on any atom is -0.742 e. The Morgan fingerprint density at radius 1 is 0.791 bits per heavy atom. The van der Waals surface area contributed by atoms with Crippen molar-refractivity contribution in [3.8, 4) is 0 Å². The molecule has 0 unspecified atom stereocenters. The molecule has 3 N–H and O–H groups in total. The second-order valence-electron chi connectivity index (χ2n) is 10.8. The fraction of sp³-hybridized carbons (Fsp3) is 0.871. The van der Waals surface area contributed by atoms with Crippen LogP contribution in [-0.4, -0.2) is 60.9 Å². The number of thiol groups is 1. The van der Waals surface area contributed by atoms with E-state index in [4.69, 9.17) is 10.2 Å². The molecule has 12 heteroatoms. The molecule has 254 valence electrons. The summed E-state index contributed by atoms with van der Waals surface area (Å²) in [5.41, 5.74) is -1.15. The van der Waals surface area contributed by atoms with Crippen molar-refractivity contribution in [3.63, 3.8) is 0 Å². The maximum absolute atomic E-state index is 11.2. The molecule has 0 radical (unpaired) electrons. The third kappa shape index (κ3) is 27.0. The summed E-state index contributed by atoms with van der Waals surface area (Å²) in [6, 6.07) is 0. The van der Waals surface area contributed by atoms with E-state index in [1.165, 1.54) is 26.7 Å². The van der Waals surface area contributed by atoms with Crippen LogP contribution in [-0.2, 0) is 31.8 Å². The number of alkyl halides is 1. The SMILES string of the molecule is CC(=O)[S-].CCCC[C@@](CC)(CO)CS.CCCC[C@](CC)(CBr)C(=O)O.CCCC[C@](CC)(CSC(C)=O)C(=O)O.[2HH].[K+]. The first kappa shape index (κ1) is 53.8. The first-order chi connectivity index (χ1) is 19.6. The van der Waals surface area contributed by atoms with Gasteiger partial charge in [0.1, 0.15) is 0 Å². The van der Waals surface area contributed by atoms with Crippen LogP contribution < -0.4 is 51.4 Å². The van der Waals surface area contributed by atoms with Crippen molar-refractivity contribution in [2.45, 2.75) is 132 Å². The predicted molar refractivity (Wildman–Crippen MR) is 190 cm³/mol. The van der Waals surface area contributed by atoms with Crippen LogP contribution in [0, 0.1) is 16.2 Å². The molecule has 0 fully saturated rings.